The highest BCUT2D eigenvalue weighted by Crippen LogP contribution is 2.36. The van der Waals surface area contributed by atoms with E-state index in [-0.39, 0.29) is 11.6 Å². The predicted molar refractivity (Wildman–Crippen MR) is 85.3 cm³/mol. The minimum atomic E-state index is 0.0586. The zero-order valence-corrected chi connectivity index (χ0v) is 13.6. The van der Waals surface area contributed by atoms with Gasteiger partial charge in [0.05, 0.1) is 6.04 Å². The molecule has 120 valence electrons. The highest BCUT2D eigenvalue weighted by atomic mass is 16.2. The number of rotatable bonds is 2. The molecule has 3 aliphatic rings. The standard InChI is InChI=1S/C17H31N3O/c1-15(16(21)19-11-6-3-7-12-19)20-13-10-18-14-17(20)8-4-2-5-9-17/h15,18H,2-14H2,1H3. The van der Waals surface area contributed by atoms with Crippen LogP contribution in [0.15, 0.2) is 0 Å². The van der Waals surface area contributed by atoms with E-state index >= 15 is 0 Å². The van der Waals surface area contributed by atoms with Gasteiger partial charge < -0.3 is 10.2 Å². The molecule has 1 spiro atoms. The molecular weight excluding hydrogens is 262 g/mol. The summed E-state index contributed by atoms with van der Waals surface area (Å²) in [5.41, 5.74) is 0.251. The third-order valence-electron chi connectivity index (χ3n) is 5.87. The number of piperidine rings is 1. The Labute approximate surface area is 129 Å². The van der Waals surface area contributed by atoms with Gasteiger partial charge in [0.15, 0.2) is 0 Å². The van der Waals surface area contributed by atoms with Crippen LogP contribution in [0.5, 0.6) is 0 Å². The van der Waals surface area contributed by atoms with Crippen molar-refractivity contribution in [2.75, 3.05) is 32.7 Å². The maximum Gasteiger partial charge on any atom is 0.239 e. The van der Waals surface area contributed by atoms with Gasteiger partial charge in [-0.15, -0.1) is 0 Å². The van der Waals surface area contributed by atoms with Crippen LogP contribution in [0.1, 0.15) is 58.3 Å². The number of piperazine rings is 1. The maximum absolute atomic E-state index is 12.9. The highest BCUT2D eigenvalue weighted by Gasteiger charge is 2.44. The Morgan fingerprint density at radius 1 is 1.00 bits per heavy atom. The molecule has 1 atom stereocenters. The molecule has 3 rings (SSSR count). The van der Waals surface area contributed by atoms with Gasteiger partial charge in [0.1, 0.15) is 0 Å². The van der Waals surface area contributed by atoms with E-state index in [0.717, 1.165) is 32.7 Å². The summed E-state index contributed by atoms with van der Waals surface area (Å²) in [4.78, 5) is 17.6. The van der Waals surface area contributed by atoms with Crippen molar-refractivity contribution < 1.29 is 4.79 Å². The van der Waals surface area contributed by atoms with E-state index in [9.17, 15) is 4.79 Å². The Hall–Kier alpha value is -0.610. The van der Waals surface area contributed by atoms with Gasteiger partial charge in [-0.1, -0.05) is 19.3 Å². The van der Waals surface area contributed by atoms with Gasteiger partial charge in [-0.25, -0.2) is 0 Å². The third kappa shape index (κ3) is 3.11. The minimum Gasteiger partial charge on any atom is -0.341 e. The van der Waals surface area contributed by atoms with Crippen molar-refractivity contribution in [2.24, 2.45) is 0 Å². The molecule has 0 bridgehead atoms. The number of nitrogens with one attached hydrogen (secondary N) is 1. The Bertz CT molecular complexity index is 351. The van der Waals surface area contributed by atoms with Crippen molar-refractivity contribution >= 4 is 5.91 Å². The molecule has 1 amide bonds. The Morgan fingerprint density at radius 2 is 1.67 bits per heavy atom. The first-order chi connectivity index (χ1) is 10.2. The number of nitrogens with zero attached hydrogens (tertiary/aromatic N) is 2. The van der Waals surface area contributed by atoms with Crippen LogP contribution in [0.3, 0.4) is 0 Å². The number of hydrogen-bond donors (Lipinski definition) is 1. The second-order valence-corrected chi connectivity index (χ2v) is 7.22. The van der Waals surface area contributed by atoms with Crippen molar-refractivity contribution in [3.05, 3.63) is 0 Å². The maximum atomic E-state index is 12.9. The molecule has 0 aromatic heterocycles. The summed E-state index contributed by atoms with van der Waals surface area (Å²) in [6.07, 6.45) is 10.2. The number of carbonyl (C=O) groups is 1. The van der Waals surface area contributed by atoms with E-state index in [4.69, 9.17) is 0 Å². The van der Waals surface area contributed by atoms with Crippen LogP contribution in [-0.4, -0.2) is 60.0 Å². The third-order valence-corrected chi connectivity index (χ3v) is 5.87. The predicted octanol–water partition coefficient (Wildman–Crippen LogP) is 2.00. The fourth-order valence-corrected chi connectivity index (χ4v) is 4.65. The van der Waals surface area contributed by atoms with Gasteiger partial charge >= 0.3 is 0 Å². The van der Waals surface area contributed by atoms with Crippen LogP contribution in [0.25, 0.3) is 0 Å². The summed E-state index contributed by atoms with van der Waals surface area (Å²) in [6.45, 7) is 7.23. The summed E-state index contributed by atoms with van der Waals surface area (Å²) in [6, 6.07) is 0.0586. The van der Waals surface area contributed by atoms with Crippen molar-refractivity contribution in [2.45, 2.75) is 69.9 Å². The van der Waals surface area contributed by atoms with Crippen LogP contribution < -0.4 is 5.32 Å². The van der Waals surface area contributed by atoms with Crippen molar-refractivity contribution in [3.63, 3.8) is 0 Å². The van der Waals surface area contributed by atoms with E-state index in [1.165, 1.54) is 51.4 Å². The summed E-state index contributed by atoms with van der Waals surface area (Å²) < 4.78 is 0. The van der Waals surface area contributed by atoms with Crippen LogP contribution in [-0.2, 0) is 4.79 Å². The quantitative estimate of drug-likeness (QED) is 0.846. The molecule has 4 nitrogen and oxygen atoms in total. The van der Waals surface area contributed by atoms with E-state index < -0.39 is 0 Å². The second-order valence-electron chi connectivity index (χ2n) is 7.22. The number of amides is 1. The van der Waals surface area contributed by atoms with Gasteiger partial charge in [0, 0.05) is 38.3 Å². The lowest BCUT2D eigenvalue weighted by molar-refractivity contribution is -0.141. The summed E-state index contributed by atoms with van der Waals surface area (Å²) in [5, 5.41) is 3.58. The van der Waals surface area contributed by atoms with Crippen molar-refractivity contribution in [1.82, 2.24) is 15.1 Å². The number of carbonyl (C=O) groups excluding carboxylic acids is 1. The topological polar surface area (TPSA) is 35.6 Å². The minimum absolute atomic E-state index is 0.0586. The van der Waals surface area contributed by atoms with Gasteiger partial charge in [0.2, 0.25) is 5.91 Å². The van der Waals surface area contributed by atoms with Crippen LogP contribution in [0.2, 0.25) is 0 Å². The lowest BCUT2D eigenvalue weighted by Gasteiger charge is -2.52. The van der Waals surface area contributed by atoms with Gasteiger partial charge in [0.25, 0.3) is 0 Å². The summed E-state index contributed by atoms with van der Waals surface area (Å²) in [5.74, 6) is 0.376. The first-order valence-corrected chi connectivity index (χ1v) is 8.99. The fourth-order valence-electron chi connectivity index (χ4n) is 4.65. The Kier molecular flexibility index (Phi) is 4.85. The Morgan fingerprint density at radius 3 is 2.38 bits per heavy atom. The van der Waals surface area contributed by atoms with Crippen LogP contribution in [0.4, 0.5) is 0 Å². The monoisotopic (exact) mass is 293 g/mol. The molecule has 1 unspecified atom stereocenters. The van der Waals surface area contributed by atoms with E-state index in [0.29, 0.717) is 5.91 Å². The zero-order chi connectivity index (χ0) is 14.7. The molecular formula is C17H31N3O. The van der Waals surface area contributed by atoms with Crippen molar-refractivity contribution in [1.29, 1.82) is 0 Å². The number of likely N-dealkylation sites (tertiary alicyclic amines) is 1. The molecule has 1 saturated carbocycles. The first-order valence-electron chi connectivity index (χ1n) is 8.99. The van der Waals surface area contributed by atoms with E-state index in [1.807, 2.05) is 0 Å². The molecule has 21 heavy (non-hydrogen) atoms. The summed E-state index contributed by atoms with van der Waals surface area (Å²) in [7, 11) is 0. The molecule has 1 aliphatic carbocycles. The lowest BCUT2D eigenvalue weighted by atomic mass is 9.78. The molecule has 4 heteroatoms. The molecule has 0 aromatic rings. The van der Waals surface area contributed by atoms with Gasteiger partial charge in [-0.2, -0.15) is 0 Å². The Balaban J connectivity index is 1.71. The average Bonchev–Trinajstić information content (AvgIpc) is 2.55. The van der Waals surface area contributed by atoms with Crippen LogP contribution in [0, 0.1) is 0 Å². The normalized spacial score (nSPS) is 28.5. The summed E-state index contributed by atoms with van der Waals surface area (Å²) >= 11 is 0. The first kappa shape index (κ1) is 15.3. The van der Waals surface area contributed by atoms with Crippen molar-refractivity contribution in [3.8, 4) is 0 Å². The molecule has 0 aromatic carbocycles. The van der Waals surface area contributed by atoms with E-state index in [2.05, 4.69) is 22.0 Å². The lowest BCUT2D eigenvalue weighted by Crippen LogP contribution is -2.66. The van der Waals surface area contributed by atoms with E-state index in [1.54, 1.807) is 0 Å². The molecule has 2 aliphatic heterocycles. The molecule has 1 N–H and O–H groups in total. The largest absolute Gasteiger partial charge is 0.341 e. The van der Waals surface area contributed by atoms with Gasteiger partial charge in [-0.05, 0) is 39.0 Å². The molecule has 3 fully saturated rings. The second kappa shape index (κ2) is 6.66. The van der Waals surface area contributed by atoms with Gasteiger partial charge in [-0.3, -0.25) is 9.69 Å². The highest BCUT2D eigenvalue weighted by molar-refractivity contribution is 5.81. The molecule has 2 saturated heterocycles. The smallest absolute Gasteiger partial charge is 0.239 e. The molecule has 0 radical (unpaired) electrons. The average molecular weight is 293 g/mol. The van der Waals surface area contributed by atoms with Crippen LogP contribution >= 0.6 is 0 Å². The molecule has 2 heterocycles. The fraction of sp³-hybridized carbons (Fsp3) is 0.941. The zero-order valence-electron chi connectivity index (χ0n) is 13.6. The number of hydrogen-bond acceptors (Lipinski definition) is 3. The SMILES string of the molecule is CC(C(=O)N1CCCCC1)N1CCNCC12CCCCC2.